The number of hydrogen-bond donors (Lipinski definition) is 2. The van der Waals surface area contributed by atoms with Crippen molar-refractivity contribution in [2.45, 2.75) is 52.0 Å². The van der Waals surface area contributed by atoms with Crippen LogP contribution in [0, 0.1) is 6.92 Å². The molecule has 0 spiro atoms. The van der Waals surface area contributed by atoms with Gasteiger partial charge in [0.05, 0.1) is 6.61 Å². The third-order valence-corrected chi connectivity index (χ3v) is 3.68. The van der Waals surface area contributed by atoms with Crippen LogP contribution < -0.4 is 10.6 Å². The minimum Gasteiger partial charge on any atom is -0.380 e. The van der Waals surface area contributed by atoms with Crippen molar-refractivity contribution in [2.75, 3.05) is 31.6 Å². The molecule has 2 rings (SSSR count). The second kappa shape index (κ2) is 8.95. The molecule has 1 unspecified atom stereocenters. The van der Waals surface area contributed by atoms with Crippen molar-refractivity contribution >= 4 is 5.82 Å². The van der Waals surface area contributed by atoms with E-state index in [-0.39, 0.29) is 0 Å². The van der Waals surface area contributed by atoms with E-state index >= 15 is 0 Å². The SMILES string of the molecule is CCCCc1nc(C)cc(NCCNC2CCCOC2)n1. The summed E-state index contributed by atoms with van der Waals surface area (Å²) < 4.78 is 5.46. The van der Waals surface area contributed by atoms with E-state index in [1.54, 1.807) is 0 Å². The van der Waals surface area contributed by atoms with Crippen molar-refractivity contribution < 1.29 is 4.74 Å². The highest BCUT2D eigenvalue weighted by atomic mass is 16.5. The number of hydrogen-bond acceptors (Lipinski definition) is 5. The van der Waals surface area contributed by atoms with Crippen LogP contribution in [0.2, 0.25) is 0 Å². The molecule has 1 aromatic rings. The molecule has 1 aliphatic heterocycles. The molecule has 1 saturated heterocycles. The van der Waals surface area contributed by atoms with Gasteiger partial charge in [-0.2, -0.15) is 0 Å². The molecule has 5 heteroatoms. The van der Waals surface area contributed by atoms with Crippen LogP contribution >= 0.6 is 0 Å². The number of nitrogens with one attached hydrogen (secondary N) is 2. The summed E-state index contributed by atoms with van der Waals surface area (Å²) in [5.74, 6) is 1.89. The Morgan fingerprint density at radius 3 is 3.00 bits per heavy atom. The van der Waals surface area contributed by atoms with Crippen LogP contribution in [-0.2, 0) is 11.2 Å². The predicted octanol–water partition coefficient (Wildman–Crippen LogP) is 2.31. The molecule has 118 valence electrons. The van der Waals surface area contributed by atoms with Gasteiger partial charge < -0.3 is 15.4 Å². The number of aromatic nitrogens is 2. The normalized spacial score (nSPS) is 18.7. The van der Waals surface area contributed by atoms with Crippen molar-refractivity contribution in [2.24, 2.45) is 0 Å². The zero-order chi connectivity index (χ0) is 14.9. The fourth-order valence-electron chi connectivity index (χ4n) is 2.54. The van der Waals surface area contributed by atoms with Gasteiger partial charge in [0, 0.05) is 43.9 Å². The second-order valence-corrected chi connectivity index (χ2v) is 5.71. The maximum absolute atomic E-state index is 5.46. The molecule has 0 aromatic carbocycles. The van der Waals surface area contributed by atoms with Crippen LogP contribution in [0.1, 0.15) is 44.1 Å². The van der Waals surface area contributed by atoms with Gasteiger partial charge in [-0.15, -0.1) is 0 Å². The van der Waals surface area contributed by atoms with E-state index in [0.717, 1.165) is 62.9 Å². The zero-order valence-electron chi connectivity index (χ0n) is 13.3. The molecule has 0 aliphatic carbocycles. The highest BCUT2D eigenvalue weighted by molar-refractivity contribution is 5.35. The summed E-state index contributed by atoms with van der Waals surface area (Å²) in [6, 6.07) is 2.52. The van der Waals surface area contributed by atoms with Gasteiger partial charge in [0.25, 0.3) is 0 Å². The Bertz CT molecular complexity index is 419. The van der Waals surface area contributed by atoms with E-state index in [1.165, 1.54) is 12.8 Å². The van der Waals surface area contributed by atoms with Crippen LogP contribution in [0.25, 0.3) is 0 Å². The summed E-state index contributed by atoms with van der Waals surface area (Å²) in [5, 5.41) is 6.91. The molecule has 1 aromatic heterocycles. The highest BCUT2D eigenvalue weighted by Gasteiger charge is 2.12. The van der Waals surface area contributed by atoms with Gasteiger partial charge in [0.2, 0.25) is 0 Å². The molecule has 0 saturated carbocycles. The molecule has 1 atom stereocenters. The molecule has 0 bridgehead atoms. The summed E-state index contributed by atoms with van der Waals surface area (Å²) >= 11 is 0. The average Bonchev–Trinajstić information content (AvgIpc) is 2.50. The molecular formula is C16H28N4O. The van der Waals surface area contributed by atoms with Crippen molar-refractivity contribution in [1.82, 2.24) is 15.3 Å². The van der Waals surface area contributed by atoms with Crippen molar-refractivity contribution in [3.63, 3.8) is 0 Å². The molecule has 0 amide bonds. The first-order chi connectivity index (χ1) is 10.3. The van der Waals surface area contributed by atoms with E-state index in [1.807, 2.05) is 13.0 Å². The lowest BCUT2D eigenvalue weighted by Gasteiger charge is -2.23. The van der Waals surface area contributed by atoms with E-state index in [2.05, 4.69) is 27.5 Å². The number of unbranched alkanes of at least 4 members (excludes halogenated alkanes) is 1. The standard InChI is InChI=1S/C16H28N4O/c1-3-4-7-15-19-13(2)11-16(20-15)18-9-8-17-14-6-5-10-21-12-14/h11,14,17H,3-10,12H2,1-2H3,(H,18,19,20). The summed E-state index contributed by atoms with van der Waals surface area (Å²) in [5.41, 5.74) is 1.03. The quantitative estimate of drug-likeness (QED) is 0.720. The Morgan fingerprint density at radius 2 is 2.24 bits per heavy atom. The first kappa shape index (κ1) is 16.2. The number of anilines is 1. The molecule has 5 nitrogen and oxygen atoms in total. The second-order valence-electron chi connectivity index (χ2n) is 5.71. The van der Waals surface area contributed by atoms with Crippen LogP contribution in [0.15, 0.2) is 6.07 Å². The molecule has 0 radical (unpaired) electrons. The summed E-state index contributed by atoms with van der Waals surface area (Å²) in [6.45, 7) is 7.78. The number of nitrogens with zero attached hydrogens (tertiary/aromatic N) is 2. The van der Waals surface area contributed by atoms with Gasteiger partial charge in [0.1, 0.15) is 11.6 Å². The van der Waals surface area contributed by atoms with Crippen LogP contribution in [0.5, 0.6) is 0 Å². The first-order valence-corrected chi connectivity index (χ1v) is 8.17. The lowest BCUT2D eigenvalue weighted by Crippen LogP contribution is -2.39. The number of aryl methyl sites for hydroxylation is 2. The average molecular weight is 292 g/mol. The Hall–Kier alpha value is -1.20. The smallest absolute Gasteiger partial charge is 0.130 e. The Kier molecular flexibility index (Phi) is 6.89. The first-order valence-electron chi connectivity index (χ1n) is 8.17. The van der Waals surface area contributed by atoms with Gasteiger partial charge in [-0.1, -0.05) is 13.3 Å². The van der Waals surface area contributed by atoms with Crippen molar-refractivity contribution in [3.8, 4) is 0 Å². The van der Waals surface area contributed by atoms with Gasteiger partial charge in [-0.25, -0.2) is 9.97 Å². The zero-order valence-corrected chi connectivity index (χ0v) is 13.3. The number of ether oxygens (including phenoxy) is 1. The van der Waals surface area contributed by atoms with E-state index in [4.69, 9.17) is 4.74 Å². The number of rotatable bonds is 8. The predicted molar refractivity (Wildman–Crippen MR) is 85.7 cm³/mol. The third-order valence-electron chi connectivity index (χ3n) is 3.68. The summed E-state index contributed by atoms with van der Waals surface area (Å²) in [7, 11) is 0. The van der Waals surface area contributed by atoms with E-state index < -0.39 is 0 Å². The summed E-state index contributed by atoms with van der Waals surface area (Å²) in [4.78, 5) is 9.07. The van der Waals surface area contributed by atoms with Gasteiger partial charge in [0.15, 0.2) is 0 Å². The lowest BCUT2D eigenvalue weighted by atomic mass is 10.1. The van der Waals surface area contributed by atoms with Gasteiger partial charge in [-0.3, -0.25) is 0 Å². The van der Waals surface area contributed by atoms with E-state index in [0.29, 0.717) is 6.04 Å². The summed E-state index contributed by atoms with van der Waals surface area (Å²) in [6.07, 6.45) is 5.66. The van der Waals surface area contributed by atoms with Gasteiger partial charge >= 0.3 is 0 Å². The Balaban J connectivity index is 1.72. The molecule has 2 N–H and O–H groups in total. The maximum Gasteiger partial charge on any atom is 0.130 e. The molecule has 2 heterocycles. The molecule has 1 aliphatic rings. The van der Waals surface area contributed by atoms with E-state index in [9.17, 15) is 0 Å². The minimum atomic E-state index is 0.507. The van der Waals surface area contributed by atoms with Crippen LogP contribution in [-0.4, -0.2) is 42.3 Å². The minimum absolute atomic E-state index is 0.507. The Labute approximate surface area is 127 Å². The molecule has 1 fully saturated rings. The lowest BCUT2D eigenvalue weighted by molar-refractivity contribution is 0.0710. The van der Waals surface area contributed by atoms with Crippen molar-refractivity contribution in [3.05, 3.63) is 17.6 Å². The fourth-order valence-corrected chi connectivity index (χ4v) is 2.54. The molecule has 21 heavy (non-hydrogen) atoms. The highest BCUT2D eigenvalue weighted by Crippen LogP contribution is 2.08. The van der Waals surface area contributed by atoms with Gasteiger partial charge in [-0.05, 0) is 26.2 Å². The fraction of sp³-hybridized carbons (Fsp3) is 0.750. The van der Waals surface area contributed by atoms with Crippen LogP contribution in [0.3, 0.4) is 0 Å². The monoisotopic (exact) mass is 292 g/mol. The van der Waals surface area contributed by atoms with Crippen molar-refractivity contribution in [1.29, 1.82) is 0 Å². The topological polar surface area (TPSA) is 59.1 Å². The largest absolute Gasteiger partial charge is 0.380 e. The Morgan fingerprint density at radius 1 is 1.33 bits per heavy atom. The maximum atomic E-state index is 5.46. The third kappa shape index (κ3) is 5.98. The van der Waals surface area contributed by atoms with Crippen LogP contribution in [0.4, 0.5) is 5.82 Å². The molecular weight excluding hydrogens is 264 g/mol.